The van der Waals surface area contributed by atoms with E-state index in [2.05, 4.69) is 30.2 Å². The normalized spacial score (nSPS) is 10.6. The molecular weight excluding hydrogens is 228 g/mol. The average molecular weight is 252 g/mol. The van der Waals surface area contributed by atoms with Gasteiger partial charge in [0.2, 0.25) is 5.88 Å². The average Bonchev–Trinajstić information content (AvgIpc) is 2.41. The van der Waals surface area contributed by atoms with Crippen LogP contribution in [0.5, 0.6) is 5.88 Å². The quantitative estimate of drug-likeness (QED) is 0.684. The highest BCUT2D eigenvalue weighted by Gasteiger charge is 2.02. The van der Waals surface area contributed by atoms with Crippen LogP contribution in [0.15, 0.2) is 12.1 Å². The number of nitrogens with zero attached hydrogens (tertiary/aromatic N) is 1. The fourth-order valence-electron chi connectivity index (χ4n) is 1.63. The fourth-order valence-corrected chi connectivity index (χ4v) is 1.63. The largest absolute Gasteiger partial charge is 0.478 e. The van der Waals surface area contributed by atoms with E-state index in [0.29, 0.717) is 6.61 Å². The third-order valence-electron chi connectivity index (χ3n) is 2.60. The Morgan fingerprint density at radius 1 is 1.22 bits per heavy atom. The van der Waals surface area contributed by atoms with Crippen LogP contribution in [0.1, 0.15) is 31.5 Å². The molecule has 0 aliphatic rings. The van der Waals surface area contributed by atoms with Gasteiger partial charge < -0.3 is 14.8 Å². The Bertz CT molecular complexity index is 343. The van der Waals surface area contributed by atoms with Gasteiger partial charge in [-0.15, -0.1) is 0 Å². The van der Waals surface area contributed by atoms with Crippen molar-refractivity contribution in [3.8, 4) is 5.88 Å². The van der Waals surface area contributed by atoms with Gasteiger partial charge in [-0.2, -0.15) is 0 Å². The number of hydrogen-bond acceptors (Lipinski definition) is 4. The number of nitrogens with one attached hydrogen (secondary N) is 1. The van der Waals surface area contributed by atoms with Crippen LogP contribution < -0.4 is 10.1 Å². The Morgan fingerprint density at radius 2 is 2.06 bits per heavy atom. The molecule has 102 valence electrons. The molecule has 0 fully saturated rings. The van der Waals surface area contributed by atoms with Crippen LogP contribution in [0.25, 0.3) is 0 Å². The summed E-state index contributed by atoms with van der Waals surface area (Å²) in [5.41, 5.74) is 2.30. The molecule has 1 heterocycles. The molecule has 0 aromatic carbocycles. The van der Waals surface area contributed by atoms with Crippen LogP contribution in [0.4, 0.5) is 0 Å². The van der Waals surface area contributed by atoms with Crippen LogP contribution in [0, 0.1) is 0 Å². The van der Waals surface area contributed by atoms with Gasteiger partial charge in [0.05, 0.1) is 6.61 Å². The zero-order valence-electron chi connectivity index (χ0n) is 11.7. The van der Waals surface area contributed by atoms with Gasteiger partial charge in [-0.1, -0.05) is 13.8 Å². The molecule has 0 atom stereocenters. The van der Waals surface area contributed by atoms with Crippen molar-refractivity contribution in [3.05, 3.63) is 23.4 Å². The third kappa shape index (κ3) is 5.47. The van der Waals surface area contributed by atoms with E-state index in [0.717, 1.165) is 44.1 Å². The smallest absolute Gasteiger partial charge is 0.213 e. The second-order valence-corrected chi connectivity index (χ2v) is 4.13. The molecule has 4 heteroatoms. The van der Waals surface area contributed by atoms with Gasteiger partial charge in [-0.05, 0) is 24.6 Å². The van der Waals surface area contributed by atoms with E-state index in [1.165, 1.54) is 5.56 Å². The van der Waals surface area contributed by atoms with E-state index < -0.39 is 0 Å². The summed E-state index contributed by atoms with van der Waals surface area (Å²) in [6.45, 7) is 7.40. The fraction of sp³-hybridized carbons (Fsp3) is 0.643. The maximum absolute atomic E-state index is 5.65. The molecule has 0 spiro atoms. The van der Waals surface area contributed by atoms with Crippen molar-refractivity contribution in [3.63, 3.8) is 0 Å². The van der Waals surface area contributed by atoms with Crippen molar-refractivity contribution in [1.29, 1.82) is 0 Å². The van der Waals surface area contributed by atoms with Crippen LogP contribution in [-0.4, -0.2) is 31.9 Å². The molecule has 18 heavy (non-hydrogen) atoms. The predicted octanol–water partition coefficient (Wildman–Crippen LogP) is 2.17. The summed E-state index contributed by atoms with van der Waals surface area (Å²) in [5.74, 6) is 0.721. The van der Waals surface area contributed by atoms with Crippen molar-refractivity contribution in [2.75, 3.05) is 26.9 Å². The highest BCUT2D eigenvalue weighted by molar-refractivity contribution is 5.25. The zero-order chi connectivity index (χ0) is 13.2. The second-order valence-electron chi connectivity index (χ2n) is 4.13. The van der Waals surface area contributed by atoms with E-state index in [9.17, 15) is 0 Å². The summed E-state index contributed by atoms with van der Waals surface area (Å²) in [5, 5.41) is 3.32. The number of aromatic nitrogens is 1. The number of hydrogen-bond donors (Lipinski definition) is 1. The Labute approximate surface area is 110 Å². The number of methoxy groups -OCH3 is 1. The molecule has 1 aromatic heterocycles. The molecule has 1 rings (SSSR count). The first-order valence-electron chi connectivity index (χ1n) is 6.62. The van der Waals surface area contributed by atoms with Gasteiger partial charge in [-0.3, -0.25) is 0 Å². The lowest BCUT2D eigenvalue weighted by atomic mass is 10.2. The summed E-state index contributed by atoms with van der Waals surface area (Å²) < 4.78 is 10.6. The molecule has 0 bridgehead atoms. The Kier molecular flexibility index (Phi) is 7.37. The molecule has 1 N–H and O–H groups in total. The molecule has 1 aromatic rings. The zero-order valence-corrected chi connectivity index (χ0v) is 11.7. The van der Waals surface area contributed by atoms with Gasteiger partial charge in [0, 0.05) is 38.4 Å². The standard InChI is InChI=1S/C14H24N2O2/c1-4-13-9-12(11-15-5-2)10-14(16-13)18-8-6-7-17-3/h9-10,15H,4-8,11H2,1-3H3. The highest BCUT2D eigenvalue weighted by atomic mass is 16.5. The molecule has 0 aliphatic heterocycles. The number of ether oxygens (including phenoxy) is 2. The molecule has 0 saturated heterocycles. The lowest BCUT2D eigenvalue weighted by Gasteiger charge is -2.09. The Balaban J connectivity index is 2.58. The summed E-state index contributed by atoms with van der Waals surface area (Å²) in [7, 11) is 1.70. The number of pyridine rings is 1. The summed E-state index contributed by atoms with van der Waals surface area (Å²) in [4.78, 5) is 4.47. The van der Waals surface area contributed by atoms with Gasteiger partial charge >= 0.3 is 0 Å². The van der Waals surface area contributed by atoms with Gasteiger partial charge in [0.25, 0.3) is 0 Å². The van der Waals surface area contributed by atoms with E-state index in [1.54, 1.807) is 7.11 Å². The van der Waals surface area contributed by atoms with Crippen molar-refractivity contribution in [2.24, 2.45) is 0 Å². The van der Waals surface area contributed by atoms with E-state index in [4.69, 9.17) is 9.47 Å². The first-order valence-corrected chi connectivity index (χ1v) is 6.62. The minimum atomic E-state index is 0.647. The van der Waals surface area contributed by atoms with Crippen molar-refractivity contribution in [1.82, 2.24) is 10.3 Å². The van der Waals surface area contributed by atoms with Crippen molar-refractivity contribution >= 4 is 0 Å². The molecule has 4 nitrogen and oxygen atoms in total. The maximum Gasteiger partial charge on any atom is 0.213 e. The third-order valence-corrected chi connectivity index (χ3v) is 2.60. The molecule has 0 aliphatic carbocycles. The van der Waals surface area contributed by atoms with Crippen molar-refractivity contribution in [2.45, 2.75) is 33.2 Å². The summed E-state index contributed by atoms with van der Waals surface area (Å²) in [6.07, 6.45) is 1.81. The van der Waals surface area contributed by atoms with Crippen LogP contribution >= 0.6 is 0 Å². The van der Waals surface area contributed by atoms with Crippen LogP contribution in [0.2, 0.25) is 0 Å². The lowest BCUT2D eigenvalue weighted by Crippen LogP contribution is -2.12. The van der Waals surface area contributed by atoms with Crippen molar-refractivity contribution < 1.29 is 9.47 Å². The molecule has 0 unspecified atom stereocenters. The van der Waals surface area contributed by atoms with Crippen LogP contribution in [0.3, 0.4) is 0 Å². The Hall–Kier alpha value is -1.13. The Morgan fingerprint density at radius 3 is 2.72 bits per heavy atom. The lowest BCUT2D eigenvalue weighted by molar-refractivity contribution is 0.170. The monoisotopic (exact) mass is 252 g/mol. The molecule has 0 radical (unpaired) electrons. The topological polar surface area (TPSA) is 43.4 Å². The molecular formula is C14H24N2O2. The highest BCUT2D eigenvalue weighted by Crippen LogP contribution is 2.13. The SMILES string of the molecule is CCNCc1cc(CC)nc(OCCCOC)c1. The summed E-state index contributed by atoms with van der Waals surface area (Å²) >= 11 is 0. The number of rotatable bonds is 9. The molecule has 0 saturated carbocycles. The van der Waals surface area contributed by atoms with Gasteiger partial charge in [-0.25, -0.2) is 4.98 Å². The predicted molar refractivity (Wildman–Crippen MR) is 73.0 cm³/mol. The minimum Gasteiger partial charge on any atom is -0.478 e. The number of aryl methyl sites for hydroxylation is 1. The first-order chi connectivity index (χ1) is 8.80. The minimum absolute atomic E-state index is 0.647. The van der Waals surface area contributed by atoms with Gasteiger partial charge in [0.15, 0.2) is 0 Å². The van der Waals surface area contributed by atoms with Crippen LogP contribution in [-0.2, 0) is 17.7 Å². The molecule has 0 amide bonds. The van der Waals surface area contributed by atoms with E-state index in [-0.39, 0.29) is 0 Å². The first kappa shape index (κ1) is 14.9. The van der Waals surface area contributed by atoms with Gasteiger partial charge in [0.1, 0.15) is 0 Å². The maximum atomic E-state index is 5.65. The second kappa shape index (κ2) is 8.89. The van der Waals surface area contributed by atoms with E-state index in [1.807, 2.05) is 6.07 Å². The van der Waals surface area contributed by atoms with E-state index >= 15 is 0 Å². The summed E-state index contributed by atoms with van der Waals surface area (Å²) in [6, 6.07) is 4.14.